The Morgan fingerprint density at radius 1 is 1.22 bits per heavy atom. The minimum absolute atomic E-state index is 0.00601. The van der Waals surface area contributed by atoms with E-state index in [-0.39, 0.29) is 30.4 Å². The molecule has 2 unspecified atom stereocenters. The molecule has 1 aromatic carbocycles. The Bertz CT molecular complexity index is 1230. The van der Waals surface area contributed by atoms with Crippen molar-refractivity contribution < 1.29 is 36.7 Å². The van der Waals surface area contributed by atoms with E-state index in [0.29, 0.717) is 11.1 Å². The van der Waals surface area contributed by atoms with E-state index in [9.17, 15) is 31.9 Å². The third-order valence-corrected chi connectivity index (χ3v) is 6.12. The minimum atomic E-state index is -4.52. The van der Waals surface area contributed by atoms with Crippen molar-refractivity contribution in [1.29, 1.82) is 0 Å². The van der Waals surface area contributed by atoms with Crippen LogP contribution in [0.2, 0.25) is 5.02 Å². The molecule has 2 heterocycles. The van der Waals surface area contributed by atoms with Gasteiger partial charge in [0.25, 0.3) is 5.91 Å². The highest BCUT2D eigenvalue weighted by Crippen LogP contribution is 2.36. The van der Waals surface area contributed by atoms with Crippen molar-refractivity contribution in [2.45, 2.75) is 32.1 Å². The van der Waals surface area contributed by atoms with Crippen molar-refractivity contribution in [2.75, 3.05) is 18.1 Å². The number of halogens is 5. The van der Waals surface area contributed by atoms with Gasteiger partial charge < -0.3 is 9.64 Å². The number of hydrogen-bond donors (Lipinski definition) is 0. The quantitative estimate of drug-likeness (QED) is 0.322. The number of amides is 2. The van der Waals surface area contributed by atoms with Gasteiger partial charge in [0.05, 0.1) is 23.1 Å². The van der Waals surface area contributed by atoms with Crippen molar-refractivity contribution in [3.05, 3.63) is 70.1 Å². The number of ether oxygens (including phenoxy) is 1. The standard InChI is InChI=1S/C24H20ClF4N3O4/c1-2-36-23(35)15-7-14(8-15)20-22(34)32(21-18(26)9-17(25)10-30-21)12-19(33)31(20)11-13-3-5-16(6-4-13)24(27,28)29/h3-7,9-10,15,20H,2,8,11-12H2,1H3. The van der Waals surface area contributed by atoms with Gasteiger partial charge in [-0.3, -0.25) is 19.3 Å². The molecule has 1 fully saturated rings. The molecule has 1 saturated heterocycles. The van der Waals surface area contributed by atoms with Gasteiger partial charge in [-0.25, -0.2) is 9.37 Å². The first kappa shape index (κ1) is 25.6. The van der Waals surface area contributed by atoms with Crippen LogP contribution in [-0.4, -0.2) is 46.9 Å². The Labute approximate surface area is 208 Å². The highest BCUT2D eigenvalue weighted by Gasteiger charge is 2.46. The van der Waals surface area contributed by atoms with Crippen LogP contribution >= 0.6 is 11.6 Å². The summed E-state index contributed by atoms with van der Waals surface area (Å²) in [6.07, 6.45) is -1.73. The van der Waals surface area contributed by atoms with E-state index >= 15 is 0 Å². The van der Waals surface area contributed by atoms with Gasteiger partial charge in [-0.15, -0.1) is 0 Å². The lowest BCUT2D eigenvalue weighted by molar-refractivity contribution is -0.147. The average molecular weight is 526 g/mol. The summed E-state index contributed by atoms with van der Waals surface area (Å²) >= 11 is 5.75. The number of pyridine rings is 1. The molecule has 2 aliphatic rings. The molecule has 36 heavy (non-hydrogen) atoms. The number of nitrogens with zero attached hydrogens (tertiary/aromatic N) is 3. The maximum atomic E-state index is 14.6. The van der Waals surface area contributed by atoms with Crippen LogP contribution in [0.15, 0.2) is 48.2 Å². The molecule has 4 rings (SSSR count). The largest absolute Gasteiger partial charge is 0.466 e. The molecule has 0 spiro atoms. The second-order valence-corrected chi connectivity index (χ2v) is 8.74. The van der Waals surface area contributed by atoms with Gasteiger partial charge in [-0.05, 0) is 42.7 Å². The summed E-state index contributed by atoms with van der Waals surface area (Å²) in [5.74, 6) is -3.59. The molecule has 12 heteroatoms. The summed E-state index contributed by atoms with van der Waals surface area (Å²) in [6, 6.07) is 3.99. The number of piperazine rings is 1. The minimum Gasteiger partial charge on any atom is -0.466 e. The van der Waals surface area contributed by atoms with Crippen LogP contribution in [-0.2, 0) is 31.8 Å². The molecule has 2 aromatic rings. The highest BCUT2D eigenvalue weighted by molar-refractivity contribution is 6.30. The Morgan fingerprint density at radius 2 is 1.89 bits per heavy atom. The molecule has 1 aliphatic carbocycles. The van der Waals surface area contributed by atoms with Gasteiger partial charge in [0.2, 0.25) is 5.91 Å². The predicted molar refractivity (Wildman–Crippen MR) is 120 cm³/mol. The maximum Gasteiger partial charge on any atom is 0.416 e. The van der Waals surface area contributed by atoms with E-state index in [1.165, 1.54) is 23.1 Å². The van der Waals surface area contributed by atoms with Crippen LogP contribution < -0.4 is 4.90 Å². The lowest BCUT2D eigenvalue weighted by Crippen LogP contribution is -2.61. The fourth-order valence-corrected chi connectivity index (χ4v) is 4.28. The SMILES string of the molecule is CCOC(=O)C1C=C(C2C(=O)N(c3ncc(Cl)cc3F)CC(=O)N2Cc2ccc(C(F)(F)F)cc2)C1. The van der Waals surface area contributed by atoms with Gasteiger partial charge in [0.15, 0.2) is 11.6 Å². The highest BCUT2D eigenvalue weighted by atomic mass is 35.5. The monoisotopic (exact) mass is 525 g/mol. The summed E-state index contributed by atoms with van der Waals surface area (Å²) in [5, 5.41) is 0.00601. The van der Waals surface area contributed by atoms with Crippen molar-refractivity contribution in [1.82, 2.24) is 9.88 Å². The Morgan fingerprint density at radius 3 is 2.47 bits per heavy atom. The van der Waals surface area contributed by atoms with E-state index in [2.05, 4.69) is 4.98 Å². The van der Waals surface area contributed by atoms with Crippen LogP contribution in [0.4, 0.5) is 23.4 Å². The molecular formula is C24H20ClF4N3O4. The van der Waals surface area contributed by atoms with E-state index in [0.717, 1.165) is 29.3 Å². The van der Waals surface area contributed by atoms with Crippen molar-refractivity contribution in [3.63, 3.8) is 0 Å². The molecule has 2 atom stereocenters. The molecule has 190 valence electrons. The summed E-state index contributed by atoms with van der Waals surface area (Å²) < 4.78 is 58.3. The second kappa shape index (κ2) is 9.88. The number of rotatable bonds is 6. The molecule has 2 amide bonds. The fourth-order valence-electron chi connectivity index (χ4n) is 4.13. The Balaban J connectivity index is 1.66. The second-order valence-electron chi connectivity index (χ2n) is 8.31. The predicted octanol–water partition coefficient (Wildman–Crippen LogP) is 4.15. The zero-order valence-corrected chi connectivity index (χ0v) is 19.6. The number of carbonyl (C=O) groups is 3. The van der Waals surface area contributed by atoms with Gasteiger partial charge >= 0.3 is 12.1 Å². The summed E-state index contributed by atoms with van der Waals surface area (Å²) in [7, 11) is 0. The van der Waals surface area contributed by atoms with Crippen molar-refractivity contribution in [2.24, 2.45) is 5.92 Å². The van der Waals surface area contributed by atoms with Crippen LogP contribution in [0, 0.1) is 11.7 Å². The van der Waals surface area contributed by atoms with Gasteiger partial charge in [0.1, 0.15) is 12.6 Å². The third kappa shape index (κ3) is 5.06. The lowest BCUT2D eigenvalue weighted by Gasteiger charge is -2.43. The number of benzene rings is 1. The Hall–Kier alpha value is -3.47. The van der Waals surface area contributed by atoms with E-state index in [1.807, 2.05) is 0 Å². The summed E-state index contributed by atoms with van der Waals surface area (Å²) in [5.41, 5.74) is -0.0454. The number of alkyl halides is 3. The van der Waals surface area contributed by atoms with Crippen LogP contribution in [0.5, 0.6) is 0 Å². The smallest absolute Gasteiger partial charge is 0.416 e. The number of hydrogen-bond acceptors (Lipinski definition) is 5. The number of aromatic nitrogens is 1. The number of carbonyl (C=O) groups excluding carboxylic acids is 3. The number of anilines is 1. The van der Waals surface area contributed by atoms with Crippen molar-refractivity contribution in [3.8, 4) is 0 Å². The Kier molecular flexibility index (Phi) is 7.03. The normalized spacial score (nSPS) is 20.2. The lowest BCUT2D eigenvalue weighted by atomic mass is 9.80. The topological polar surface area (TPSA) is 79.8 Å². The van der Waals surface area contributed by atoms with E-state index in [4.69, 9.17) is 16.3 Å². The summed E-state index contributed by atoms with van der Waals surface area (Å²) in [6.45, 7) is 1.13. The fraction of sp³-hybridized carbons (Fsp3) is 0.333. The molecule has 1 aliphatic heterocycles. The first-order valence-corrected chi connectivity index (χ1v) is 11.3. The zero-order valence-electron chi connectivity index (χ0n) is 18.9. The molecule has 0 bridgehead atoms. The molecule has 0 saturated carbocycles. The molecule has 0 radical (unpaired) electrons. The summed E-state index contributed by atoms with van der Waals surface area (Å²) in [4.78, 5) is 44.7. The van der Waals surface area contributed by atoms with Crippen molar-refractivity contribution >= 4 is 35.2 Å². The van der Waals surface area contributed by atoms with Crippen LogP contribution in [0.1, 0.15) is 24.5 Å². The molecule has 1 aromatic heterocycles. The molecule has 0 N–H and O–H groups in total. The average Bonchev–Trinajstić information content (AvgIpc) is 2.77. The van der Waals surface area contributed by atoms with Gasteiger partial charge in [-0.1, -0.05) is 29.8 Å². The van der Waals surface area contributed by atoms with E-state index < -0.39 is 53.8 Å². The zero-order chi connectivity index (χ0) is 26.2. The maximum absolute atomic E-state index is 14.6. The first-order valence-electron chi connectivity index (χ1n) is 10.9. The van der Waals surface area contributed by atoms with Crippen LogP contribution in [0.3, 0.4) is 0 Å². The number of esters is 1. The van der Waals surface area contributed by atoms with E-state index in [1.54, 1.807) is 6.92 Å². The molecular weight excluding hydrogens is 506 g/mol. The van der Waals surface area contributed by atoms with Gasteiger partial charge in [-0.2, -0.15) is 13.2 Å². The third-order valence-electron chi connectivity index (χ3n) is 5.92. The first-order chi connectivity index (χ1) is 17.0. The van der Waals surface area contributed by atoms with Gasteiger partial charge in [0, 0.05) is 12.7 Å². The van der Waals surface area contributed by atoms with Crippen LogP contribution in [0.25, 0.3) is 0 Å². The molecule has 7 nitrogen and oxygen atoms in total.